The van der Waals surface area contributed by atoms with Gasteiger partial charge in [-0.15, -0.1) is 0 Å². The summed E-state index contributed by atoms with van der Waals surface area (Å²) in [5, 5.41) is 0. The number of hydrogen-bond acceptors (Lipinski definition) is 0. The highest BCUT2D eigenvalue weighted by atomic mass is 19.4. The van der Waals surface area contributed by atoms with Gasteiger partial charge in [0.2, 0.25) is 0 Å². The molecule has 0 saturated heterocycles. The van der Waals surface area contributed by atoms with E-state index in [9.17, 15) is 17.6 Å². The minimum atomic E-state index is -4.41. The summed E-state index contributed by atoms with van der Waals surface area (Å²) in [6.07, 6.45) is -4.41. The van der Waals surface area contributed by atoms with Crippen LogP contribution in [0.15, 0.2) is 18.2 Å². The largest absolute Gasteiger partial charge is 0.416 e. The van der Waals surface area contributed by atoms with Crippen LogP contribution in [0.4, 0.5) is 17.6 Å². The van der Waals surface area contributed by atoms with E-state index in [1.54, 1.807) is 13.8 Å². The van der Waals surface area contributed by atoms with Crippen molar-refractivity contribution >= 4 is 0 Å². The van der Waals surface area contributed by atoms with Crippen molar-refractivity contribution in [2.75, 3.05) is 0 Å². The molecule has 0 radical (unpaired) electrons. The van der Waals surface area contributed by atoms with Gasteiger partial charge in [0.1, 0.15) is 5.82 Å². The molecule has 14 heavy (non-hydrogen) atoms. The standard InChI is InChI=1S/C10H10F4/c1-6(2)8-5-7(11)3-4-9(8)10(12,13)14/h3-6H,1-2H3. The molecule has 4 heteroatoms. The molecular formula is C10H10F4. The molecule has 1 aromatic carbocycles. The Morgan fingerprint density at radius 3 is 2.14 bits per heavy atom. The monoisotopic (exact) mass is 206 g/mol. The van der Waals surface area contributed by atoms with E-state index in [1.807, 2.05) is 0 Å². The molecule has 0 fully saturated rings. The van der Waals surface area contributed by atoms with Crippen LogP contribution in [-0.4, -0.2) is 0 Å². The molecule has 78 valence electrons. The van der Waals surface area contributed by atoms with Gasteiger partial charge in [-0.1, -0.05) is 13.8 Å². The minimum Gasteiger partial charge on any atom is -0.207 e. The van der Waals surface area contributed by atoms with Gasteiger partial charge in [0, 0.05) is 0 Å². The Labute approximate surface area is 79.6 Å². The van der Waals surface area contributed by atoms with Crippen LogP contribution in [0.3, 0.4) is 0 Å². The number of hydrogen-bond donors (Lipinski definition) is 0. The molecule has 0 aromatic heterocycles. The van der Waals surface area contributed by atoms with Crippen molar-refractivity contribution in [1.29, 1.82) is 0 Å². The van der Waals surface area contributed by atoms with Crippen LogP contribution in [0.25, 0.3) is 0 Å². The van der Waals surface area contributed by atoms with Crippen molar-refractivity contribution in [2.24, 2.45) is 0 Å². The van der Waals surface area contributed by atoms with Crippen molar-refractivity contribution in [3.8, 4) is 0 Å². The van der Waals surface area contributed by atoms with Crippen molar-refractivity contribution in [3.63, 3.8) is 0 Å². The summed E-state index contributed by atoms with van der Waals surface area (Å²) in [7, 11) is 0. The van der Waals surface area contributed by atoms with Gasteiger partial charge in [-0.3, -0.25) is 0 Å². The maximum Gasteiger partial charge on any atom is 0.416 e. The molecule has 0 unspecified atom stereocenters. The van der Waals surface area contributed by atoms with E-state index in [0.29, 0.717) is 0 Å². The molecule has 0 aliphatic rings. The van der Waals surface area contributed by atoms with Crippen LogP contribution in [0, 0.1) is 5.82 Å². The van der Waals surface area contributed by atoms with Gasteiger partial charge in [-0.05, 0) is 29.7 Å². The summed E-state index contributed by atoms with van der Waals surface area (Å²) in [5.74, 6) is -0.982. The van der Waals surface area contributed by atoms with E-state index in [1.165, 1.54) is 0 Å². The van der Waals surface area contributed by atoms with Crippen LogP contribution in [0.2, 0.25) is 0 Å². The first kappa shape index (κ1) is 11.0. The van der Waals surface area contributed by atoms with E-state index in [0.717, 1.165) is 18.2 Å². The second-order valence-corrected chi connectivity index (χ2v) is 3.38. The molecule has 0 nitrogen and oxygen atoms in total. The van der Waals surface area contributed by atoms with Crippen molar-refractivity contribution in [2.45, 2.75) is 25.9 Å². The first-order valence-electron chi connectivity index (χ1n) is 4.19. The van der Waals surface area contributed by atoms with Gasteiger partial charge >= 0.3 is 6.18 Å². The lowest BCUT2D eigenvalue weighted by atomic mass is 9.97. The summed E-state index contributed by atoms with van der Waals surface area (Å²) < 4.78 is 50.0. The Balaban J connectivity index is 3.29. The third-order valence-electron chi connectivity index (χ3n) is 1.94. The topological polar surface area (TPSA) is 0 Å². The Morgan fingerprint density at radius 2 is 1.71 bits per heavy atom. The van der Waals surface area contributed by atoms with E-state index >= 15 is 0 Å². The van der Waals surface area contributed by atoms with Crippen LogP contribution in [-0.2, 0) is 6.18 Å². The molecule has 0 atom stereocenters. The van der Waals surface area contributed by atoms with Crippen LogP contribution < -0.4 is 0 Å². The zero-order chi connectivity index (χ0) is 10.9. The zero-order valence-electron chi connectivity index (χ0n) is 7.82. The summed E-state index contributed by atoms with van der Waals surface area (Å²) >= 11 is 0. The lowest BCUT2D eigenvalue weighted by Crippen LogP contribution is -2.10. The first-order chi connectivity index (χ1) is 6.32. The molecular weight excluding hydrogens is 196 g/mol. The summed E-state index contributed by atoms with van der Waals surface area (Å²) in [5.41, 5.74) is -0.758. The lowest BCUT2D eigenvalue weighted by Gasteiger charge is -2.15. The molecule has 0 amide bonds. The molecule has 1 aromatic rings. The Hall–Kier alpha value is -1.06. The van der Waals surface area contributed by atoms with Gasteiger partial charge in [-0.2, -0.15) is 13.2 Å². The Kier molecular flexibility index (Phi) is 2.83. The number of alkyl halides is 3. The average Bonchev–Trinajstić information content (AvgIpc) is 2.01. The summed E-state index contributed by atoms with van der Waals surface area (Å²) in [4.78, 5) is 0. The predicted octanol–water partition coefficient (Wildman–Crippen LogP) is 3.97. The van der Waals surface area contributed by atoms with Crippen molar-refractivity contribution in [1.82, 2.24) is 0 Å². The second-order valence-electron chi connectivity index (χ2n) is 3.38. The molecule has 1 rings (SSSR count). The maximum atomic E-state index is 12.7. The number of halogens is 4. The molecule has 0 aliphatic carbocycles. The molecule has 0 N–H and O–H groups in total. The van der Waals surface area contributed by atoms with Crippen LogP contribution in [0.1, 0.15) is 30.9 Å². The van der Waals surface area contributed by atoms with Crippen LogP contribution in [0.5, 0.6) is 0 Å². The molecule has 0 spiro atoms. The molecule has 0 saturated carbocycles. The fourth-order valence-corrected chi connectivity index (χ4v) is 1.27. The second kappa shape index (κ2) is 3.59. The van der Waals surface area contributed by atoms with E-state index in [4.69, 9.17) is 0 Å². The van der Waals surface area contributed by atoms with Crippen molar-refractivity contribution < 1.29 is 17.6 Å². The van der Waals surface area contributed by atoms with Crippen molar-refractivity contribution in [3.05, 3.63) is 35.1 Å². The van der Waals surface area contributed by atoms with Gasteiger partial charge < -0.3 is 0 Å². The van der Waals surface area contributed by atoms with Crippen LogP contribution >= 0.6 is 0 Å². The Morgan fingerprint density at radius 1 is 1.14 bits per heavy atom. The SMILES string of the molecule is CC(C)c1cc(F)ccc1C(F)(F)F. The smallest absolute Gasteiger partial charge is 0.207 e. The fraction of sp³-hybridized carbons (Fsp3) is 0.400. The Bertz CT molecular complexity index is 325. The molecule has 0 heterocycles. The highest BCUT2D eigenvalue weighted by Crippen LogP contribution is 2.35. The predicted molar refractivity (Wildman–Crippen MR) is 45.5 cm³/mol. The molecule has 0 aliphatic heterocycles. The summed E-state index contributed by atoms with van der Waals surface area (Å²) in [6.45, 7) is 3.20. The van der Waals surface area contributed by atoms with Gasteiger partial charge in [0.25, 0.3) is 0 Å². The minimum absolute atomic E-state index is 0.00231. The third-order valence-corrected chi connectivity index (χ3v) is 1.94. The number of benzene rings is 1. The quantitative estimate of drug-likeness (QED) is 0.610. The molecule has 0 bridgehead atoms. The fourth-order valence-electron chi connectivity index (χ4n) is 1.27. The number of rotatable bonds is 1. The normalized spacial score (nSPS) is 12.2. The third kappa shape index (κ3) is 2.25. The highest BCUT2D eigenvalue weighted by molar-refractivity contribution is 5.32. The van der Waals surface area contributed by atoms with E-state index in [2.05, 4.69) is 0 Å². The van der Waals surface area contributed by atoms with Gasteiger partial charge in [-0.25, -0.2) is 4.39 Å². The maximum absolute atomic E-state index is 12.7. The van der Waals surface area contributed by atoms with E-state index in [-0.39, 0.29) is 11.5 Å². The summed E-state index contributed by atoms with van der Waals surface area (Å²) in [6, 6.07) is 2.55. The highest BCUT2D eigenvalue weighted by Gasteiger charge is 2.33. The van der Waals surface area contributed by atoms with E-state index < -0.39 is 17.6 Å². The lowest BCUT2D eigenvalue weighted by molar-refractivity contribution is -0.138. The average molecular weight is 206 g/mol. The zero-order valence-corrected chi connectivity index (χ0v) is 7.82. The first-order valence-corrected chi connectivity index (χ1v) is 4.19. The van der Waals surface area contributed by atoms with Gasteiger partial charge in [0.05, 0.1) is 5.56 Å². The van der Waals surface area contributed by atoms with Gasteiger partial charge in [0.15, 0.2) is 0 Å².